The molecule has 158 valence electrons. The molecule has 0 bridgehead atoms. The van der Waals surface area contributed by atoms with Gasteiger partial charge in [-0.05, 0) is 44.7 Å². The summed E-state index contributed by atoms with van der Waals surface area (Å²) in [6.07, 6.45) is 2.02. The first-order valence-corrected chi connectivity index (χ1v) is 14.0. The Kier molecular flexibility index (Phi) is 4.22. The van der Waals surface area contributed by atoms with Crippen LogP contribution in [0.5, 0.6) is 0 Å². The Morgan fingerprint density at radius 2 is 1.07 bits per heavy atom. The van der Waals surface area contributed by atoms with Gasteiger partial charge in [0.1, 0.15) is 0 Å². The summed E-state index contributed by atoms with van der Waals surface area (Å²) in [6.45, 7) is 13.1. The van der Waals surface area contributed by atoms with E-state index in [9.17, 15) is 0 Å². The molecule has 4 fully saturated rings. The van der Waals surface area contributed by atoms with Gasteiger partial charge in [-0.3, -0.25) is 0 Å². The van der Waals surface area contributed by atoms with E-state index in [-0.39, 0.29) is 40.3 Å². The van der Waals surface area contributed by atoms with E-state index < -0.39 is 11.6 Å². The maximum atomic E-state index is 6.54. The molecule has 5 aliphatic heterocycles. The standard InChI is InChI=1S/C23H32O4P2/c1-12-18-20(26-22(3,4)24-18)16-11-17-21-19(25-23(5,6)27-21)13(2)29(17)15-10-8-7-9-14(15)28(12)16/h7-10,12-13,16-21H,11H2,1-6H3/t12-,13?,16-,17-,18?,19+,20?,21?,28?,29?/m0/s1. The van der Waals surface area contributed by atoms with Crippen molar-refractivity contribution in [2.24, 2.45) is 0 Å². The van der Waals surface area contributed by atoms with Gasteiger partial charge < -0.3 is 18.9 Å². The first-order valence-electron chi connectivity index (χ1n) is 11.0. The van der Waals surface area contributed by atoms with Crippen LogP contribution in [0, 0.1) is 0 Å². The Balaban J connectivity index is 1.47. The molecule has 4 nitrogen and oxygen atoms in total. The highest BCUT2D eigenvalue weighted by Gasteiger charge is 2.64. The molecule has 5 heterocycles. The van der Waals surface area contributed by atoms with Crippen molar-refractivity contribution < 1.29 is 18.9 Å². The number of fused-ring (bicyclic) bond motifs is 9. The smallest absolute Gasteiger partial charge is 0.163 e. The molecular formula is C23H32O4P2. The average Bonchev–Trinajstić information content (AvgIpc) is 3.24. The van der Waals surface area contributed by atoms with Crippen LogP contribution in [0.1, 0.15) is 48.0 Å². The van der Waals surface area contributed by atoms with Gasteiger partial charge in [0.05, 0.1) is 24.4 Å². The summed E-state index contributed by atoms with van der Waals surface area (Å²) >= 11 is 0. The lowest BCUT2D eigenvalue weighted by atomic mass is 10.0. The van der Waals surface area contributed by atoms with Gasteiger partial charge in [0, 0.05) is 22.6 Å². The summed E-state index contributed by atoms with van der Waals surface area (Å²) in [5.74, 6) is -0.940. The van der Waals surface area contributed by atoms with Gasteiger partial charge >= 0.3 is 0 Å². The van der Waals surface area contributed by atoms with E-state index in [0.717, 1.165) is 0 Å². The minimum Gasteiger partial charge on any atom is -0.344 e. The molecule has 0 spiro atoms. The topological polar surface area (TPSA) is 36.9 Å². The zero-order chi connectivity index (χ0) is 20.3. The highest BCUT2D eigenvalue weighted by Crippen LogP contribution is 2.69. The number of hydrogen-bond donors (Lipinski definition) is 0. The number of rotatable bonds is 0. The first-order chi connectivity index (χ1) is 13.7. The summed E-state index contributed by atoms with van der Waals surface area (Å²) in [5, 5.41) is 3.22. The lowest BCUT2D eigenvalue weighted by Crippen LogP contribution is -2.35. The van der Waals surface area contributed by atoms with Gasteiger partial charge in [-0.25, -0.2) is 0 Å². The molecule has 1 aromatic carbocycles. The van der Waals surface area contributed by atoms with Crippen molar-refractivity contribution in [2.45, 2.75) is 107 Å². The Bertz CT molecular complexity index is 775. The lowest BCUT2D eigenvalue weighted by molar-refractivity contribution is -0.149. The van der Waals surface area contributed by atoms with Crippen molar-refractivity contribution in [3.63, 3.8) is 0 Å². The summed E-state index contributed by atoms with van der Waals surface area (Å²) in [7, 11) is -0.628. The SMILES string of the molecule is CC1[C@H]2OC(C)(C)OC2[C@@H]2C[C@H]3C4OC(C)(C)OC4[C@H](C)P3c3ccccc3P12. The van der Waals surface area contributed by atoms with Crippen LogP contribution < -0.4 is 10.6 Å². The van der Waals surface area contributed by atoms with E-state index in [0.29, 0.717) is 22.6 Å². The first kappa shape index (κ1) is 19.6. The van der Waals surface area contributed by atoms with Crippen LogP contribution in [-0.4, -0.2) is 58.6 Å². The fourth-order valence-electron chi connectivity index (χ4n) is 6.65. The summed E-state index contributed by atoms with van der Waals surface area (Å²) in [6, 6.07) is 9.29. The lowest BCUT2D eigenvalue weighted by Gasteiger charge is -2.30. The van der Waals surface area contributed by atoms with Crippen LogP contribution in [0.15, 0.2) is 24.3 Å². The molecule has 0 aliphatic carbocycles. The van der Waals surface area contributed by atoms with Crippen molar-refractivity contribution in [1.82, 2.24) is 0 Å². The highest BCUT2D eigenvalue weighted by atomic mass is 31.1. The zero-order valence-corrected chi connectivity index (χ0v) is 20.0. The van der Waals surface area contributed by atoms with E-state index in [2.05, 4.69) is 65.8 Å². The molecule has 0 aromatic heterocycles. The van der Waals surface area contributed by atoms with Gasteiger partial charge in [0.2, 0.25) is 0 Å². The van der Waals surface area contributed by atoms with Crippen molar-refractivity contribution in [3.05, 3.63) is 24.3 Å². The Morgan fingerprint density at radius 3 is 1.48 bits per heavy atom. The van der Waals surface area contributed by atoms with Gasteiger partial charge in [-0.15, -0.1) is 0 Å². The molecule has 6 unspecified atom stereocenters. The second-order valence-corrected chi connectivity index (χ2v) is 15.8. The third-order valence-corrected chi connectivity index (χ3v) is 14.4. The van der Waals surface area contributed by atoms with E-state index >= 15 is 0 Å². The third-order valence-electron chi connectivity index (χ3n) is 7.55. The van der Waals surface area contributed by atoms with Crippen LogP contribution in [0.4, 0.5) is 0 Å². The monoisotopic (exact) mass is 434 g/mol. The number of benzene rings is 1. The molecule has 4 saturated heterocycles. The quantitative estimate of drug-likeness (QED) is 0.581. The summed E-state index contributed by atoms with van der Waals surface area (Å²) in [5.41, 5.74) is 2.15. The maximum Gasteiger partial charge on any atom is 0.163 e. The van der Waals surface area contributed by atoms with Gasteiger partial charge in [0.25, 0.3) is 0 Å². The molecule has 10 atom stereocenters. The molecular weight excluding hydrogens is 402 g/mol. The highest BCUT2D eigenvalue weighted by molar-refractivity contribution is 7.74. The average molecular weight is 434 g/mol. The fraction of sp³-hybridized carbons (Fsp3) is 0.739. The molecule has 0 N–H and O–H groups in total. The van der Waals surface area contributed by atoms with Crippen LogP contribution in [-0.2, 0) is 18.9 Å². The summed E-state index contributed by atoms with van der Waals surface area (Å²) in [4.78, 5) is 0. The van der Waals surface area contributed by atoms with E-state index in [1.54, 1.807) is 10.6 Å². The van der Waals surface area contributed by atoms with E-state index in [4.69, 9.17) is 18.9 Å². The van der Waals surface area contributed by atoms with E-state index in [1.807, 2.05) is 0 Å². The van der Waals surface area contributed by atoms with Crippen molar-refractivity contribution in [3.8, 4) is 0 Å². The second kappa shape index (κ2) is 6.25. The van der Waals surface area contributed by atoms with Crippen LogP contribution in [0.2, 0.25) is 0 Å². The van der Waals surface area contributed by atoms with Crippen LogP contribution >= 0.6 is 15.8 Å². The molecule has 1 aromatic rings. The number of ether oxygens (including phenoxy) is 4. The molecule has 0 amide bonds. The largest absolute Gasteiger partial charge is 0.344 e. The van der Waals surface area contributed by atoms with Crippen molar-refractivity contribution in [2.75, 3.05) is 0 Å². The number of hydrogen-bond acceptors (Lipinski definition) is 4. The third kappa shape index (κ3) is 2.73. The Morgan fingerprint density at radius 1 is 0.690 bits per heavy atom. The van der Waals surface area contributed by atoms with Crippen molar-refractivity contribution >= 4 is 26.5 Å². The minimum absolute atomic E-state index is 0.207. The van der Waals surface area contributed by atoms with Gasteiger partial charge in [-0.2, -0.15) is 0 Å². The summed E-state index contributed by atoms with van der Waals surface area (Å²) < 4.78 is 25.9. The molecule has 0 saturated carbocycles. The van der Waals surface area contributed by atoms with Crippen LogP contribution in [0.3, 0.4) is 0 Å². The Labute approximate surface area is 176 Å². The predicted octanol–water partition coefficient (Wildman–Crippen LogP) is 3.89. The maximum absolute atomic E-state index is 6.54. The molecule has 0 radical (unpaired) electrons. The molecule has 29 heavy (non-hydrogen) atoms. The predicted molar refractivity (Wildman–Crippen MR) is 118 cm³/mol. The van der Waals surface area contributed by atoms with Crippen LogP contribution in [0.25, 0.3) is 0 Å². The molecule has 6 rings (SSSR count). The normalized spacial score (nSPS) is 51.0. The zero-order valence-electron chi connectivity index (χ0n) is 18.2. The fourth-order valence-corrected chi connectivity index (χ4v) is 14.6. The minimum atomic E-state index is -0.470. The molecule has 6 heteroatoms. The Hall–Kier alpha value is -0.0800. The van der Waals surface area contributed by atoms with Crippen molar-refractivity contribution in [1.29, 1.82) is 0 Å². The van der Waals surface area contributed by atoms with Gasteiger partial charge in [0.15, 0.2) is 11.6 Å². The van der Waals surface area contributed by atoms with Gasteiger partial charge in [-0.1, -0.05) is 54.0 Å². The molecule has 5 aliphatic rings. The van der Waals surface area contributed by atoms with E-state index in [1.165, 1.54) is 6.42 Å². The second-order valence-electron chi connectivity index (χ2n) is 10.3.